The minimum absolute atomic E-state index is 0.115. The maximum Gasteiger partial charge on any atom is 0.286 e. The molecule has 39 heavy (non-hydrogen) atoms. The summed E-state index contributed by atoms with van der Waals surface area (Å²) in [6.45, 7) is 5.19. The molecule has 0 unspecified atom stereocenters. The first-order chi connectivity index (χ1) is 19.0. The molecule has 1 aliphatic rings. The maximum atomic E-state index is 12.0. The van der Waals surface area contributed by atoms with Crippen molar-refractivity contribution < 1.29 is 19.0 Å². The molecule has 11 heteroatoms. The van der Waals surface area contributed by atoms with E-state index in [9.17, 15) is 4.79 Å². The van der Waals surface area contributed by atoms with E-state index in [1.807, 2.05) is 18.2 Å². The van der Waals surface area contributed by atoms with Gasteiger partial charge in [0.1, 0.15) is 23.9 Å². The van der Waals surface area contributed by atoms with Gasteiger partial charge < -0.3 is 25.3 Å². The summed E-state index contributed by atoms with van der Waals surface area (Å²) < 4.78 is 17.1. The first kappa shape index (κ1) is 26.6. The minimum atomic E-state index is -0.739. The summed E-state index contributed by atoms with van der Waals surface area (Å²) in [6, 6.07) is 17.5. The Balaban J connectivity index is 1.28. The van der Waals surface area contributed by atoms with Gasteiger partial charge in [-0.2, -0.15) is 0 Å². The van der Waals surface area contributed by atoms with Crippen LogP contribution >= 0.6 is 11.6 Å². The van der Waals surface area contributed by atoms with Gasteiger partial charge in [-0.05, 0) is 42.8 Å². The van der Waals surface area contributed by atoms with Crippen molar-refractivity contribution in [3.05, 3.63) is 77.3 Å². The Labute approximate surface area is 231 Å². The van der Waals surface area contributed by atoms with E-state index in [0.717, 1.165) is 45.0 Å². The van der Waals surface area contributed by atoms with Gasteiger partial charge in [0.05, 0.1) is 36.1 Å². The number of morpholine rings is 1. The number of aromatic nitrogens is 3. The van der Waals surface area contributed by atoms with Crippen LogP contribution in [0.3, 0.4) is 0 Å². The Bertz CT molecular complexity index is 1430. The third-order valence-corrected chi connectivity index (χ3v) is 6.39. The standard InChI is InChI=1S/C28H28ClN6O4/c29-23-16-19(5-8-25(23)39-18-20-4-1-2-9-31-20)32-27-22-7-6-21(17-24(22)33-28(34-27)26(30)36)38-13-3-10-35-11-14-37-15-12-35/h1-2,4-5,7-9,16-17H,3,10-15,18H2,(H2,30,36)(H,32,33,34). The Morgan fingerprint density at radius 2 is 2.03 bits per heavy atom. The molecule has 0 saturated carbocycles. The summed E-state index contributed by atoms with van der Waals surface area (Å²) in [6.07, 6.45) is 2.58. The van der Waals surface area contributed by atoms with Gasteiger partial charge in [-0.25, -0.2) is 9.97 Å². The van der Waals surface area contributed by atoms with Gasteiger partial charge in [-0.1, -0.05) is 17.7 Å². The van der Waals surface area contributed by atoms with Crippen LogP contribution in [0.5, 0.6) is 11.5 Å². The number of halogens is 1. The molecular formula is C28H28ClN6O4. The quantitative estimate of drug-likeness (QED) is 0.268. The smallest absolute Gasteiger partial charge is 0.286 e. The predicted octanol–water partition coefficient (Wildman–Crippen LogP) is 4.00. The summed E-state index contributed by atoms with van der Waals surface area (Å²) in [4.78, 5) is 27.2. The number of fused-ring (bicyclic) bond motifs is 1. The topological polar surface area (TPSA) is 125 Å². The van der Waals surface area contributed by atoms with Crippen LogP contribution in [-0.4, -0.2) is 65.2 Å². The average molecular weight is 548 g/mol. The van der Waals surface area contributed by atoms with Crippen molar-refractivity contribution in [3.63, 3.8) is 0 Å². The highest BCUT2D eigenvalue weighted by molar-refractivity contribution is 6.32. The normalized spacial score (nSPS) is 13.8. The highest BCUT2D eigenvalue weighted by Gasteiger charge is 2.15. The van der Waals surface area contributed by atoms with Gasteiger partial charge >= 0.3 is 0 Å². The monoisotopic (exact) mass is 547 g/mol. The number of nitrogens with zero attached hydrogens (tertiary/aromatic N) is 4. The maximum absolute atomic E-state index is 12.0. The molecule has 1 radical (unpaired) electrons. The average Bonchev–Trinajstić information content (AvgIpc) is 2.96. The van der Waals surface area contributed by atoms with Gasteiger partial charge in [0, 0.05) is 49.0 Å². The van der Waals surface area contributed by atoms with Crippen molar-refractivity contribution >= 4 is 39.9 Å². The van der Waals surface area contributed by atoms with Crippen LogP contribution in [0.15, 0.2) is 54.7 Å². The number of carbonyl (C=O) groups is 1. The van der Waals surface area contributed by atoms with Crippen molar-refractivity contribution in [1.29, 1.82) is 0 Å². The van der Waals surface area contributed by atoms with Crippen molar-refractivity contribution in [2.24, 2.45) is 5.73 Å². The summed E-state index contributed by atoms with van der Waals surface area (Å²) in [5, 5.41) is 4.26. The zero-order valence-corrected chi connectivity index (χ0v) is 22.0. The molecule has 3 heterocycles. The molecule has 1 amide bonds. The second kappa shape index (κ2) is 12.7. The van der Waals surface area contributed by atoms with Crippen LogP contribution in [0.25, 0.3) is 10.9 Å². The SMILES string of the molecule is NC(=O)c1nc(Nc2ccc(OCc3ccccn3)c(Cl)c2)c2c[c]c(OCCCN3CCOCC3)cc2n1. The second-order valence-electron chi connectivity index (χ2n) is 8.89. The van der Waals surface area contributed by atoms with Gasteiger partial charge in [0.15, 0.2) is 0 Å². The molecule has 2 aromatic heterocycles. The third kappa shape index (κ3) is 7.11. The number of nitrogens with two attached hydrogens (primary N) is 1. The molecule has 0 bridgehead atoms. The molecular weight excluding hydrogens is 520 g/mol. The fourth-order valence-electron chi connectivity index (χ4n) is 4.10. The zero-order valence-electron chi connectivity index (χ0n) is 21.2. The number of rotatable bonds is 11. The summed E-state index contributed by atoms with van der Waals surface area (Å²) in [7, 11) is 0. The summed E-state index contributed by atoms with van der Waals surface area (Å²) >= 11 is 6.47. The lowest BCUT2D eigenvalue weighted by molar-refractivity contribution is 0.0358. The van der Waals surface area contributed by atoms with Crippen LogP contribution in [0, 0.1) is 6.07 Å². The molecule has 1 fully saturated rings. The Kier molecular flexibility index (Phi) is 8.67. The number of carbonyl (C=O) groups excluding carboxylic acids is 1. The number of hydrogen-bond donors (Lipinski definition) is 2. The lowest BCUT2D eigenvalue weighted by atomic mass is 10.2. The van der Waals surface area contributed by atoms with Gasteiger partial charge in [-0.15, -0.1) is 0 Å². The van der Waals surface area contributed by atoms with Crippen molar-refractivity contribution in [2.45, 2.75) is 13.0 Å². The van der Waals surface area contributed by atoms with Crippen LogP contribution in [0.2, 0.25) is 5.02 Å². The Morgan fingerprint density at radius 3 is 2.79 bits per heavy atom. The predicted molar refractivity (Wildman–Crippen MR) is 148 cm³/mol. The van der Waals surface area contributed by atoms with E-state index in [-0.39, 0.29) is 5.82 Å². The van der Waals surface area contributed by atoms with Crippen LogP contribution in [0.1, 0.15) is 22.7 Å². The van der Waals surface area contributed by atoms with Crippen LogP contribution < -0.4 is 20.5 Å². The van der Waals surface area contributed by atoms with Crippen LogP contribution in [-0.2, 0) is 11.3 Å². The lowest BCUT2D eigenvalue weighted by Gasteiger charge is -2.26. The number of amides is 1. The third-order valence-electron chi connectivity index (χ3n) is 6.10. The van der Waals surface area contributed by atoms with Crippen molar-refractivity contribution in [1.82, 2.24) is 19.9 Å². The fraction of sp³-hybridized carbons (Fsp3) is 0.286. The highest BCUT2D eigenvalue weighted by Crippen LogP contribution is 2.32. The van der Waals surface area contributed by atoms with E-state index in [2.05, 4.69) is 31.2 Å². The first-order valence-corrected chi connectivity index (χ1v) is 13.0. The number of anilines is 2. The van der Waals surface area contributed by atoms with Crippen molar-refractivity contribution in [3.8, 4) is 11.5 Å². The number of hydrogen-bond acceptors (Lipinski definition) is 9. The lowest BCUT2D eigenvalue weighted by Crippen LogP contribution is -2.37. The molecule has 3 N–H and O–H groups in total. The molecule has 1 aliphatic heterocycles. The number of ether oxygens (including phenoxy) is 3. The number of pyridine rings is 1. The van der Waals surface area contributed by atoms with E-state index in [0.29, 0.717) is 52.1 Å². The molecule has 201 valence electrons. The zero-order chi connectivity index (χ0) is 27.0. The molecule has 5 rings (SSSR count). The molecule has 0 atom stereocenters. The highest BCUT2D eigenvalue weighted by atomic mass is 35.5. The van der Waals surface area contributed by atoms with Gasteiger partial charge in [0.2, 0.25) is 5.82 Å². The second-order valence-corrected chi connectivity index (χ2v) is 9.30. The molecule has 0 aliphatic carbocycles. The van der Waals surface area contributed by atoms with E-state index in [4.69, 9.17) is 31.5 Å². The minimum Gasteiger partial charge on any atom is -0.493 e. The summed E-state index contributed by atoms with van der Waals surface area (Å²) in [5.41, 5.74) is 7.45. The Morgan fingerprint density at radius 1 is 1.15 bits per heavy atom. The largest absolute Gasteiger partial charge is 0.493 e. The molecule has 0 spiro atoms. The fourth-order valence-corrected chi connectivity index (χ4v) is 4.33. The molecule has 4 aromatic rings. The van der Waals surface area contributed by atoms with Crippen LogP contribution in [0.4, 0.5) is 11.5 Å². The van der Waals surface area contributed by atoms with E-state index in [1.54, 1.807) is 36.5 Å². The van der Waals surface area contributed by atoms with E-state index >= 15 is 0 Å². The Hall–Kier alpha value is -3.99. The number of primary amides is 1. The molecule has 10 nitrogen and oxygen atoms in total. The summed E-state index contributed by atoms with van der Waals surface area (Å²) in [5.74, 6) is 0.582. The first-order valence-electron chi connectivity index (χ1n) is 12.6. The number of nitrogens with one attached hydrogen (secondary N) is 1. The molecule has 2 aromatic carbocycles. The van der Waals surface area contributed by atoms with Gasteiger partial charge in [0.25, 0.3) is 5.91 Å². The molecule has 1 saturated heterocycles. The van der Waals surface area contributed by atoms with E-state index < -0.39 is 5.91 Å². The number of benzene rings is 2. The van der Waals surface area contributed by atoms with Crippen molar-refractivity contribution in [2.75, 3.05) is 44.8 Å². The van der Waals surface area contributed by atoms with Gasteiger partial charge in [-0.3, -0.25) is 14.7 Å². The van der Waals surface area contributed by atoms with E-state index in [1.165, 1.54) is 0 Å².